The molecule has 1 aliphatic carbocycles. The Morgan fingerprint density at radius 3 is 2.95 bits per heavy atom. The van der Waals surface area contributed by atoms with E-state index in [2.05, 4.69) is 41.8 Å². The lowest BCUT2D eigenvalue weighted by atomic mass is 9.74. The number of thiophene rings is 2. The molecule has 2 atom stereocenters. The summed E-state index contributed by atoms with van der Waals surface area (Å²) < 4.78 is 2.76. The van der Waals surface area contributed by atoms with Gasteiger partial charge in [0.05, 0.1) is 0 Å². The zero-order valence-electron chi connectivity index (χ0n) is 10.5. The van der Waals surface area contributed by atoms with Gasteiger partial charge in [-0.3, -0.25) is 0 Å². The number of rotatable bonds is 3. The van der Waals surface area contributed by atoms with E-state index in [9.17, 15) is 0 Å². The minimum Gasteiger partial charge on any atom is -0.323 e. The molecule has 2 aromatic heterocycles. The van der Waals surface area contributed by atoms with E-state index in [1.54, 1.807) is 0 Å². The summed E-state index contributed by atoms with van der Waals surface area (Å²) in [5.74, 6) is 0.659. The van der Waals surface area contributed by atoms with E-state index in [1.165, 1.54) is 31.8 Å². The van der Waals surface area contributed by atoms with Gasteiger partial charge in [0.25, 0.3) is 0 Å². The third-order valence-electron chi connectivity index (χ3n) is 4.02. The van der Waals surface area contributed by atoms with Crippen LogP contribution in [0.2, 0.25) is 0 Å². The van der Waals surface area contributed by atoms with Crippen LogP contribution in [0.15, 0.2) is 41.8 Å². The van der Waals surface area contributed by atoms with Crippen molar-refractivity contribution in [1.82, 2.24) is 0 Å². The van der Waals surface area contributed by atoms with E-state index in [-0.39, 0.29) is 6.04 Å². The number of hydrogen-bond acceptors (Lipinski definition) is 3. The van der Waals surface area contributed by atoms with Crippen molar-refractivity contribution >= 4 is 32.1 Å². The lowest BCUT2D eigenvalue weighted by Gasteiger charge is -2.31. The third-order valence-corrected chi connectivity index (χ3v) is 6.25. The Hall–Kier alpha value is -1.16. The molecule has 4 rings (SSSR count). The third kappa shape index (κ3) is 1.93. The predicted molar refractivity (Wildman–Crippen MR) is 84.1 cm³/mol. The molecule has 3 aromatic rings. The lowest BCUT2D eigenvalue weighted by Crippen LogP contribution is -2.22. The van der Waals surface area contributed by atoms with Crippen LogP contribution in [0.4, 0.5) is 0 Å². The van der Waals surface area contributed by atoms with Crippen molar-refractivity contribution in [3.8, 4) is 0 Å². The molecule has 0 bridgehead atoms. The van der Waals surface area contributed by atoms with Gasteiger partial charge in [0.2, 0.25) is 0 Å². The molecule has 1 nitrogen and oxygen atoms in total. The number of hydrogen-bond donors (Lipinski definition) is 1. The maximum Gasteiger partial charge on any atom is 0.0454 e. The molecule has 2 unspecified atom stereocenters. The van der Waals surface area contributed by atoms with Crippen molar-refractivity contribution in [2.75, 3.05) is 0 Å². The maximum atomic E-state index is 6.40. The minimum absolute atomic E-state index is 0.183. The molecule has 0 amide bonds. The summed E-state index contributed by atoms with van der Waals surface area (Å²) in [5, 5.41) is 2.15. The van der Waals surface area contributed by atoms with E-state index in [0.717, 1.165) is 6.42 Å². The molecule has 0 fully saturated rings. The highest BCUT2D eigenvalue weighted by Gasteiger charge is 2.27. The van der Waals surface area contributed by atoms with Gasteiger partial charge in [0.1, 0.15) is 0 Å². The second-order valence-corrected chi connectivity index (χ2v) is 7.30. The molecule has 0 aliphatic heterocycles. The minimum atomic E-state index is 0.183. The Morgan fingerprint density at radius 1 is 1.21 bits per heavy atom. The van der Waals surface area contributed by atoms with Crippen molar-refractivity contribution < 1.29 is 0 Å². The van der Waals surface area contributed by atoms with E-state index in [1.807, 2.05) is 22.7 Å². The van der Waals surface area contributed by atoms with E-state index >= 15 is 0 Å². The first-order valence-corrected chi connectivity index (χ1v) is 8.31. The molecule has 0 saturated carbocycles. The Kier molecular flexibility index (Phi) is 2.72. The highest BCUT2D eigenvalue weighted by Crippen LogP contribution is 2.42. The summed E-state index contributed by atoms with van der Waals surface area (Å²) in [4.78, 5) is 1.34. The zero-order chi connectivity index (χ0) is 12.8. The van der Waals surface area contributed by atoms with Crippen LogP contribution >= 0.6 is 22.7 Å². The van der Waals surface area contributed by atoms with Gasteiger partial charge in [-0.25, -0.2) is 0 Å². The summed E-state index contributed by atoms with van der Waals surface area (Å²) in [6, 6.07) is 13.4. The van der Waals surface area contributed by atoms with Crippen LogP contribution in [0.5, 0.6) is 0 Å². The molecule has 0 radical (unpaired) electrons. The first kappa shape index (κ1) is 11.6. The lowest BCUT2D eigenvalue weighted by molar-refractivity contribution is 0.502. The second kappa shape index (κ2) is 4.44. The fraction of sp³-hybridized carbons (Fsp3) is 0.250. The smallest absolute Gasteiger partial charge is 0.0454 e. The van der Waals surface area contributed by atoms with Crippen LogP contribution in [-0.2, 0) is 6.42 Å². The van der Waals surface area contributed by atoms with Crippen LogP contribution in [0.3, 0.4) is 0 Å². The quantitative estimate of drug-likeness (QED) is 0.742. The standard InChI is InChI=1S/C16H15NS2/c17-13(15-9-16-14(19-15)5-6-18-16)8-11-7-10-3-1-2-4-12(10)11/h1-6,9,11,13H,7-8,17H2. The molecular formula is C16H15NS2. The van der Waals surface area contributed by atoms with Gasteiger partial charge < -0.3 is 5.73 Å². The SMILES string of the molecule is NC(CC1Cc2ccccc21)c1cc2sccc2s1. The van der Waals surface area contributed by atoms with Gasteiger partial charge in [-0.1, -0.05) is 24.3 Å². The highest BCUT2D eigenvalue weighted by molar-refractivity contribution is 7.26. The summed E-state index contributed by atoms with van der Waals surface area (Å²) in [6.07, 6.45) is 2.27. The fourth-order valence-corrected chi connectivity index (χ4v) is 5.10. The summed E-state index contributed by atoms with van der Waals surface area (Å²) >= 11 is 3.66. The van der Waals surface area contributed by atoms with E-state index in [4.69, 9.17) is 5.73 Å². The monoisotopic (exact) mass is 285 g/mol. The number of benzene rings is 1. The molecule has 1 aliphatic rings. The first-order chi connectivity index (χ1) is 9.31. The second-order valence-electron chi connectivity index (χ2n) is 5.24. The molecule has 3 heteroatoms. The first-order valence-electron chi connectivity index (χ1n) is 6.61. The van der Waals surface area contributed by atoms with Gasteiger partial charge in [-0.15, -0.1) is 22.7 Å². The van der Waals surface area contributed by atoms with Crippen molar-refractivity contribution in [3.05, 3.63) is 57.8 Å². The van der Waals surface area contributed by atoms with Gasteiger partial charge in [-0.2, -0.15) is 0 Å². The molecule has 2 heterocycles. The molecule has 19 heavy (non-hydrogen) atoms. The van der Waals surface area contributed by atoms with Crippen LogP contribution in [0.1, 0.15) is 34.4 Å². The summed E-state index contributed by atoms with van der Waals surface area (Å²) in [7, 11) is 0. The van der Waals surface area contributed by atoms with E-state index < -0.39 is 0 Å². The largest absolute Gasteiger partial charge is 0.323 e. The topological polar surface area (TPSA) is 26.0 Å². The number of nitrogens with two attached hydrogens (primary N) is 1. The Morgan fingerprint density at radius 2 is 2.11 bits per heavy atom. The van der Waals surface area contributed by atoms with Crippen molar-refractivity contribution in [1.29, 1.82) is 0 Å². The van der Waals surface area contributed by atoms with Crippen molar-refractivity contribution in [2.24, 2.45) is 5.73 Å². The summed E-state index contributed by atoms with van der Waals surface area (Å²) in [5.41, 5.74) is 9.42. The predicted octanol–water partition coefficient (Wildman–Crippen LogP) is 4.69. The van der Waals surface area contributed by atoms with Crippen LogP contribution in [0.25, 0.3) is 9.40 Å². The fourth-order valence-electron chi connectivity index (χ4n) is 2.96. The Labute approximate surface area is 120 Å². The number of fused-ring (bicyclic) bond motifs is 2. The molecule has 1 aromatic carbocycles. The average molecular weight is 285 g/mol. The van der Waals surface area contributed by atoms with Crippen LogP contribution in [-0.4, -0.2) is 0 Å². The summed E-state index contributed by atoms with van der Waals surface area (Å²) in [6.45, 7) is 0. The van der Waals surface area contributed by atoms with Gasteiger partial charge >= 0.3 is 0 Å². The van der Waals surface area contributed by atoms with Gasteiger partial charge in [0.15, 0.2) is 0 Å². The molecule has 0 saturated heterocycles. The van der Waals surface area contributed by atoms with Gasteiger partial charge in [-0.05, 0) is 47.4 Å². The average Bonchev–Trinajstić information content (AvgIpc) is 2.96. The van der Waals surface area contributed by atoms with Crippen molar-refractivity contribution in [3.63, 3.8) is 0 Å². The van der Waals surface area contributed by atoms with Crippen molar-refractivity contribution in [2.45, 2.75) is 24.8 Å². The Balaban J connectivity index is 1.53. The molecule has 2 N–H and O–H groups in total. The Bertz CT molecular complexity index is 697. The van der Waals surface area contributed by atoms with Crippen LogP contribution in [0, 0.1) is 0 Å². The molecule has 96 valence electrons. The van der Waals surface area contributed by atoms with Gasteiger partial charge in [0, 0.05) is 20.3 Å². The highest BCUT2D eigenvalue weighted by atomic mass is 32.1. The molecular weight excluding hydrogens is 270 g/mol. The molecule has 0 spiro atoms. The van der Waals surface area contributed by atoms with E-state index in [0.29, 0.717) is 5.92 Å². The normalized spacial score (nSPS) is 19.1. The zero-order valence-corrected chi connectivity index (χ0v) is 12.1. The van der Waals surface area contributed by atoms with Crippen LogP contribution < -0.4 is 5.73 Å². The maximum absolute atomic E-state index is 6.40.